The van der Waals surface area contributed by atoms with Gasteiger partial charge in [0.15, 0.2) is 11.8 Å². The molecule has 1 aliphatic rings. The second kappa shape index (κ2) is 15.3. The molecule has 0 saturated carbocycles. The van der Waals surface area contributed by atoms with Gasteiger partial charge in [0.1, 0.15) is 23.7 Å². The normalized spacial score (nSPS) is 17.7. The van der Waals surface area contributed by atoms with Crippen molar-refractivity contribution in [3.63, 3.8) is 0 Å². The summed E-state index contributed by atoms with van der Waals surface area (Å²) in [5, 5.41) is 9.08. The molecule has 5 rings (SSSR count). The van der Waals surface area contributed by atoms with Gasteiger partial charge in [0, 0.05) is 11.8 Å². The first kappa shape index (κ1) is 35.1. The van der Waals surface area contributed by atoms with Gasteiger partial charge in [-0.15, -0.1) is 0 Å². The van der Waals surface area contributed by atoms with Gasteiger partial charge in [-0.3, -0.25) is 23.9 Å². The van der Waals surface area contributed by atoms with Gasteiger partial charge >= 0.3 is 17.6 Å². The molecular weight excluding hydrogens is 636 g/mol. The van der Waals surface area contributed by atoms with Crippen molar-refractivity contribution in [3.8, 4) is 11.5 Å². The van der Waals surface area contributed by atoms with E-state index in [4.69, 9.17) is 33.5 Å². The lowest BCUT2D eigenvalue weighted by atomic mass is 9.79. The Morgan fingerprint density at radius 2 is 1.49 bits per heavy atom. The fraction of sp³-hybridized carbons (Fsp3) is 0.333. The van der Waals surface area contributed by atoms with Crippen LogP contribution in [0.3, 0.4) is 0 Å². The van der Waals surface area contributed by atoms with E-state index >= 15 is 0 Å². The van der Waals surface area contributed by atoms with Crippen molar-refractivity contribution >= 4 is 11.9 Å². The van der Waals surface area contributed by atoms with Gasteiger partial charge in [0.05, 0.1) is 46.9 Å². The number of carbonyl (C=O) groups is 2. The Hall–Kier alpha value is -5.24. The Labute approximate surface area is 281 Å². The van der Waals surface area contributed by atoms with Crippen molar-refractivity contribution < 1.29 is 43.1 Å². The van der Waals surface area contributed by atoms with E-state index in [9.17, 15) is 19.2 Å². The van der Waals surface area contributed by atoms with E-state index in [2.05, 4.69) is 4.98 Å². The maximum absolute atomic E-state index is 12.9. The molecule has 2 N–H and O–H groups in total. The molecule has 0 spiro atoms. The second-order valence-corrected chi connectivity index (χ2v) is 11.6. The molecule has 0 unspecified atom stereocenters. The molecule has 2 atom stereocenters. The van der Waals surface area contributed by atoms with Gasteiger partial charge in [-0.25, -0.2) is 4.79 Å². The van der Waals surface area contributed by atoms with E-state index in [1.54, 1.807) is 21.1 Å². The number of esters is 1. The topological polar surface area (TPSA) is 165 Å². The first-order valence-electron chi connectivity index (χ1n) is 15.5. The lowest BCUT2D eigenvalue weighted by Crippen LogP contribution is -2.55. The minimum Gasteiger partial charge on any atom is -0.497 e. The smallest absolute Gasteiger partial charge is 0.330 e. The van der Waals surface area contributed by atoms with Gasteiger partial charge < -0.3 is 33.5 Å². The summed E-state index contributed by atoms with van der Waals surface area (Å²) in [6.07, 6.45) is -0.443. The first-order valence-corrected chi connectivity index (χ1v) is 15.5. The third-order valence-corrected chi connectivity index (χ3v) is 8.23. The molecule has 1 fully saturated rings. The number of nitrogens with zero attached hydrogens (tertiary/aromatic N) is 1. The minimum atomic E-state index is -1.50. The summed E-state index contributed by atoms with van der Waals surface area (Å²) in [6.45, 7) is 0.760. The molecule has 1 aliphatic heterocycles. The molecule has 1 aromatic heterocycles. The molecule has 0 bridgehead atoms. The highest BCUT2D eigenvalue weighted by molar-refractivity contribution is 5.76. The zero-order chi connectivity index (χ0) is 35.0. The van der Waals surface area contributed by atoms with E-state index < -0.39 is 53.6 Å². The average Bonchev–Trinajstić information content (AvgIpc) is 3.12. The number of benzene rings is 3. The summed E-state index contributed by atoms with van der Waals surface area (Å²) in [4.78, 5) is 51.0. The van der Waals surface area contributed by atoms with E-state index in [1.807, 2.05) is 78.9 Å². The number of aliphatic carboxylic acids is 1. The molecule has 1 saturated heterocycles. The van der Waals surface area contributed by atoms with Crippen molar-refractivity contribution in [1.29, 1.82) is 0 Å². The molecule has 2 heterocycles. The fourth-order valence-electron chi connectivity index (χ4n) is 5.64. The lowest BCUT2D eigenvalue weighted by molar-refractivity contribution is -0.263. The quantitative estimate of drug-likeness (QED) is 0.148. The number of carbonyl (C=O) groups excluding carboxylic acids is 1. The number of rotatable bonds is 14. The van der Waals surface area contributed by atoms with Crippen LogP contribution in [0.15, 0.2) is 94.6 Å². The van der Waals surface area contributed by atoms with Crippen LogP contribution < -0.4 is 20.7 Å². The molecular formula is C36H38N2O11. The second-order valence-electron chi connectivity index (χ2n) is 11.6. The average molecular weight is 675 g/mol. The van der Waals surface area contributed by atoms with Crippen molar-refractivity contribution in [3.05, 3.63) is 128 Å². The summed E-state index contributed by atoms with van der Waals surface area (Å²) in [5.41, 5.74) is -1.51. The third kappa shape index (κ3) is 7.91. The monoisotopic (exact) mass is 674 g/mol. The molecule has 49 heavy (non-hydrogen) atoms. The van der Waals surface area contributed by atoms with Crippen LogP contribution in [0.2, 0.25) is 0 Å². The SMILES string of the molecule is COc1ccc(C(OC[C@@]2(COC(=O)CCC(=O)O)COC[C@H](n3cc(C)c(=O)[nH]c3=O)O2)(c2ccccc2)c2ccc(OC)cc2)cc1. The third-order valence-electron chi connectivity index (χ3n) is 8.23. The standard InChI is InChI=1S/C36H38N2O11/c1-24-19-38(34(43)37-33(24)42)30-20-46-21-35(49-30,22-47-32(41)18-17-31(39)40)23-48-36(25-7-5-4-6-8-25,26-9-13-28(44-2)14-10-26)27-11-15-29(45-3)16-12-27/h4-16,19,30H,17-18,20-23H2,1-3H3,(H,39,40)(H,37,42,43)/t30-,35+/m1/s1. The Morgan fingerprint density at radius 1 is 0.898 bits per heavy atom. The van der Waals surface area contributed by atoms with Crippen molar-refractivity contribution in [2.75, 3.05) is 40.6 Å². The van der Waals surface area contributed by atoms with Crippen LogP contribution in [0.5, 0.6) is 11.5 Å². The number of carboxylic acid groups (broad SMARTS) is 1. The highest BCUT2D eigenvalue weighted by Crippen LogP contribution is 2.43. The highest BCUT2D eigenvalue weighted by atomic mass is 16.6. The lowest BCUT2D eigenvalue weighted by Gasteiger charge is -2.44. The number of aryl methyl sites for hydroxylation is 1. The minimum absolute atomic E-state index is 0.0547. The number of hydrogen-bond donors (Lipinski definition) is 2. The summed E-state index contributed by atoms with van der Waals surface area (Å²) in [5.74, 6) is -0.631. The van der Waals surface area contributed by atoms with Gasteiger partial charge in [-0.05, 0) is 47.9 Å². The van der Waals surface area contributed by atoms with Crippen molar-refractivity contribution in [1.82, 2.24) is 9.55 Å². The predicted octanol–water partition coefficient (Wildman–Crippen LogP) is 3.56. The molecule has 3 aromatic carbocycles. The van der Waals surface area contributed by atoms with Crippen LogP contribution in [0.25, 0.3) is 0 Å². The summed E-state index contributed by atoms with van der Waals surface area (Å²) < 4.78 is 37.2. The molecule has 4 aromatic rings. The maximum atomic E-state index is 12.9. The molecule has 258 valence electrons. The molecule has 0 amide bonds. The highest BCUT2D eigenvalue weighted by Gasteiger charge is 2.46. The molecule has 13 heteroatoms. The molecule has 13 nitrogen and oxygen atoms in total. The number of aromatic amines is 1. The van der Waals surface area contributed by atoms with Gasteiger partial charge in [0.2, 0.25) is 0 Å². The zero-order valence-corrected chi connectivity index (χ0v) is 27.4. The number of aromatic nitrogens is 2. The summed E-state index contributed by atoms with van der Waals surface area (Å²) >= 11 is 0. The predicted molar refractivity (Wildman–Crippen MR) is 176 cm³/mol. The fourth-order valence-corrected chi connectivity index (χ4v) is 5.64. The number of carboxylic acids is 1. The van der Waals surface area contributed by atoms with Crippen LogP contribution in [-0.2, 0) is 34.1 Å². The van der Waals surface area contributed by atoms with Crippen molar-refractivity contribution in [2.45, 2.75) is 37.2 Å². The number of ether oxygens (including phenoxy) is 6. The summed E-state index contributed by atoms with van der Waals surface area (Å²) in [7, 11) is 3.15. The van der Waals surface area contributed by atoms with E-state index in [0.717, 1.165) is 16.7 Å². The summed E-state index contributed by atoms with van der Waals surface area (Å²) in [6, 6.07) is 24.4. The maximum Gasteiger partial charge on any atom is 0.330 e. The van der Waals surface area contributed by atoms with E-state index in [-0.39, 0.29) is 31.8 Å². The van der Waals surface area contributed by atoms with Crippen LogP contribution in [0, 0.1) is 6.92 Å². The van der Waals surface area contributed by atoms with E-state index in [0.29, 0.717) is 11.5 Å². The Kier molecular flexibility index (Phi) is 11.0. The number of H-pyrrole nitrogens is 1. The van der Waals surface area contributed by atoms with Crippen LogP contribution in [-0.4, -0.2) is 72.8 Å². The van der Waals surface area contributed by atoms with Gasteiger partial charge in [-0.1, -0.05) is 54.6 Å². The van der Waals surface area contributed by atoms with Crippen LogP contribution >= 0.6 is 0 Å². The zero-order valence-electron chi connectivity index (χ0n) is 27.4. The number of nitrogens with one attached hydrogen (secondary N) is 1. The van der Waals surface area contributed by atoms with E-state index in [1.165, 1.54) is 10.8 Å². The Balaban J connectivity index is 1.60. The Morgan fingerprint density at radius 3 is 2.06 bits per heavy atom. The van der Waals surface area contributed by atoms with Crippen LogP contribution in [0.1, 0.15) is 41.3 Å². The van der Waals surface area contributed by atoms with Crippen molar-refractivity contribution in [2.24, 2.45) is 0 Å². The van der Waals surface area contributed by atoms with Gasteiger partial charge in [0.25, 0.3) is 5.56 Å². The molecule has 0 aliphatic carbocycles. The number of hydrogen-bond acceptors (Lipinski definition) is 10. The Bertz CT molecular complexity index is 1810. The van der Waals surface area contributed by atoms with Crippen LogP contribution in [0.4, 0.5) is 0 Å². The largest absolute Gasteiger partial charge is 0.497 e. The number of methoxy groups -OCH3 is 2. The van der Waals surface area contributed by atoms with Gasteiger partial charge in [-0.2, -0.15) is 0 Å². The molecule has 0 radical (unpaired) electrons. The first-order chi connectivity index (χ1) is 23.6.